The van der Waals surface area contributed by atoms with E-state index in [9.17, 15) is 4.39 Å². The Morgan fingerprint density at radius 2 is 0.952 bits per heavy atom. The number of hydrogen-bond acceptors (Lipinski definition) is 0. The molecule has 0 heterocycles. The van der Waals surface area contributed by atoms with Crippen LogP contribution in [-0.2, 0) is 0 Å². The molecular formula is C18H14ClFS. The van der Waals surface area contributed by atoms with Crippen molar-refractivity contribution in [3.63, 3.8) is 0 Å². The number of halogens is 2. The lowest BCUT2D eigenvalue weighted by Crippen LogP contribution is -1.96. The van der Waals surface area contributed by atoms with Crippen molar-refractivity contribution in [1.82, 2.24) is 0 Å². The average Bonchev–Trinajstić information content (AvgIpc) is 2.56. The molecule has 0 aliphatic heterocycles. The van der Waals surface area contributed by atoms with Gasteiger partial charge in [0.25, 0.3) is 0 Å². The Kier molecular flexibility index (Phi) is 4.00. The predicted octanol–water partition coefficient (Wildman–Crippen LogP) is 6.26. The topological polar surface area (TPSA) is 0 Å². The predicted molar refractivity (Wildman–Crippen MR) is 87.5 cm³/mol. The highest BCUT2D eigenvalue weighted by Crippen LogP contribution is 2.71. The minimum atomic E-state index is -1.89. The first kappa shape index (κ1) is 14.2. The molecule has 0 fully saturated rings. The first-order valence-electron chi connectivity index (χ1n) is 6.60. The van der Waals surface area contributed by atoms with Crippen LogP contribution in [0.25, 0.3) is 0 Å². The van der Waals surface area contributed by atoms with Gasteiger partial charge in [0.15, 0.2) is 0 Å². The highest BCUT2D eigenvalue weighted by Gasteiger charge is 2.28. The second kappa shape index (κ2) is 5.92. The van der Waals surface area contributed by atoms with Crippen LogP contribution in [0.5, 0.6) is 0 Å². The van der Waals surface area contributed by atoms with Crippen molar-refractivity contribution in [2.45, 2.75) is 14.7 Å². The fourth-order valence-corrected chi connectivity index (χ4v) is 5.56. The van der Waals surface area contributed by atoms with Crippen LogP contribution in [-0.4, -0.2) is 0 Å². The maximum Gasteiger partial charge on any atom is 0.123 e. The maximum atomic E-state index is 13.2. The van der Waals surface area contributed by atoms with Crippen LogP contribution in [0.2, 0.25) is 0 Å². The van der Waals surface area contributed by atoms with Crippen LogP contribution in [0, 0.1) is 5.82 Å². The number of benzene rings is 3. The highest BCUT2D eigenvalue weighted by molar-refractivity contribution is 8.51. The van der Waals surface area contributed by atoms with Crippen LogP contribution in [0.1, 0.15) is 0 Å². The summed E-state index contributed by atoms with van der Waals surface area (Å²) in [7, 11) is 5.24. The normalized spacial score (nSPS) is 12.1. The van der Waals surface area contributed by atoms with E-state index in [1.807, 2.05) is 60.7 Å². The van der Waals surface area contributed by atoms with E-state index in [1.165, 1.54) is 12.1 Å². The van der Waals surface area contributed by atoms with E-state index in [0.29, 0.717) is 0 Å². The minimum Gasteiger partial charge on any atom is -0.207 e. The average molecular weight is 317 g/mol. The van der Waals surface area contributed by atoms with Crippen molar-refractivity contribution < 1.29 is 4.39 Å². The van der Waals surface area contributed by atoms with E-state index in [0.717, 1.165) is 14.7 Å². The molecule has 0 aliphatic carbocycles. The van der Waals surface area contributed by atoms with Crippen molar-refractivity contribution in [3.8, 4) is 0 Å². The summed E-state index contributed by atoms with van der Waals surface area (Å²) in [5, 5.41) is 0. The zero-order chi connectivity index (χ0) is 14.7. The van der Waals surface area contributed by atoms with Gasteiger partial charge in [-0.05, 0) is 48.5 Å². The largest absolute Gasteiger partial charge is 0.207 e. The molecule has 106 valence electrons. The molecule has 0 radical (unpaired) electrons. The Hall–Kier alpha value is -1.77. The lowest BCUT2D eigenvalue weighted by molar-refractivity contribution is 0.626. The zero-order valence-corrected chi connectivity index (χ0v) is 12.8. The van der Waals surface area contributed by atoms with Gasteiger partial charge in [-0.25, -0.2) is 4.39 Å². The summed E-state index contributed by atoms with van der Waals surface area (Å²) in [5.41, 5.74) is 0. The third-order valence-corrected chi connectivity index (χ3v) is 7.64. The van der Waals surface area contributed by atoms with Gasteiger partial charge in [-0.1, -0.05) is 56.3 Å². The minimum absolute atomic E-state index is 0.252. The van der Waals surface area contributed by atoms with Crippen LogP contribution < -0.4 is 0 Å². The Morgan fingerprint density at radius 1 is 0.571 bits per heavy atom. The summed E-state index contributed by atoms with van der Waals surface area (Å²) in [6, 6.07) is 26.4. The van der Waals surface area contributed by atoms with Gasteiger partial charge in [-0.15, -0.1) is 0 Å². The lowest BCUT2D eigenvalue weighted by Gasteiger charge is -2.34. The molecular weight excluding hydrogens is 303 g/mol. The first-order valence-corrected chi connectivity index (χ1v) is 9.06. The first-order chi connectivity index (χ1) is 10.2. The molecule has 0 N–H and O–H groups in total. The fourth-order valence-electron chi connectivity index (χ4n) is 2.25. The molecule has 0 saturated heterocycles. The van der Waals surface area contributed by atoms with E-state index in [1.54, 1.807) is 12.1 Å². The molecule has 0 amide bonds. The van der Waals surface area contributed by atoms with Gasteiger partial charge in [0.1, 0.15) is 5.82 Å². The molecule has 0 unspecified atom stereocenters. The van der Waals surface area contributed by atoms with E-state index in [-0.39, 0.29) is 5.82 Å². The molecule has 3 heteroatoms. The second-order valence-corrected chi connectivity index (χ2v) is 8.50. The molecule has 0 spiro atoms. The molecule has 0 atom stereocenters. The SMILES string of the molecule is Fc1ccc(S(Cl)(c2ccccc2)c2ccccc2)cc1. The summed E-state index contributed by atoms with van der Waals surface area (Å²) >= 11 is 0. The van der Waals surface area contributed by atoms with Crippen molar-refractivity contribution in [3.05, 3.63) is 90.7 Å². The Bertz CT molecular complexity index is 672. The van der Waals surface area contributed by atoms with Crippen LogP contribution in [0.3, 0.4) is 0 Å². The summed E-state index contributed by atoms with van der Waals surface area (Å²) < 4.78 is 13.2. The van der Waals surface area contributed by atoms with Gasteiger partial charge in [-0.3, -0.25) is 0 Å². The number of hydrogen-bond donors (Lipinski definition) is 0. The molecule has 0 nitrogen and oxygen atoms in total. The van der Waals surface area contributed by atoms with Crippen molar-refractivity contribution in [2.24, 2.45) is 0 Å². The third kappa shape index (κ3) is 2.69. The highest BCUT2D eigenvalue weighted by atomic mass is 35.7. The van der Waals surface area contributed by atoms with E-state index in [2.05, 4.69) is 0 Å². The molecule has 3 aromatic rings. The third-order valence-electron chi connectivity index (χ3n) is 3.27. The van der Waals surface area contributed by atoms with Crippen LogP contribution >= 0.6 is 19.9 Å². The van der Waals surface area contributed by atoms with Crippen molar-refractivity contribution in [1.29, 1.82) is 0 Å². The Morgan fingerprint density at radius 3 is 1.38 bits per heavy atom. The van der Waals surface area contributed by atoms with E-state index >= 15 is 0 Å². The second-order valence-electron chi connectivity index (χ2n) is 4.62. The van der Waals surface area contributed by atoms with Gasteiger partial charge in [0, 0.05) is 14.7 Å². The van der Waals surface area contributed by atoms with E-state index < -0.39 is 9.24 Å². The van der Waals surface area contributed by atoms with Gasteiger partial charge < -0.3 is 0 Å². The van der Waals surface area contributed by atoms with E-state index in [4.69, 9.17) is 10.7 Å². The maximum absolute atomic E-state index is 13.2. The van der Waals surface area contributed by atoms with Gasteiger partial charge in [0.2, 0.25) is 0 Å². The Balaban J connectivity index is 2.23. The summed E-state index contributed by atoms with van der Waals surface area (Å²) in [4.78, 5) is 3.02. The van der Waals surface area contributed by atoms with Crippen LogP contribution in [0.15, 0.2) is 99.6 Å². The smallest absolute Gasteiger partial charge is 0.123 e. The van der Waals surface area contributed by atoms with Gasteiger partial charge in [0.05, 0.1) is 0 Å². The summed E-state index contributed by atoms with van der Waals surface area (Å²) in [6.45, 7) is 0. The Labute approximate surface area is 130 Å². The van der Waals surface area contributed by atoms with Crippen LogP contribution in [0.4, 0.5) is 4.39 Å². The molecule has 3 rings (SSSR count). The number of rotatable bonds is 3. The molecule has 0 bridgehead atoms. The van der Waals surface area contributed by atoms with Gasteiger partial charge >= 0.3 is 0 Å². The van der Waals surface area contributed by atoms with Crippen molar-refractivity contribution in [2.75, 3.05) is 0 Å². The molecule has 0 aliphatic rings. The fraction of sp³-hybridized carbons (Fsp3) is 0. The lowest BCUT2D eigenvalue weighted by atomic mass is 10.3. The molecule has 0 saturated carbocycles. The monoisotopic (exact) mass is 316 g/mol. The molecule has 3 aromatic carbocycles. The molecule has 21 heavy (non-hydrogen) atoms. The summed E-state index contributed by atoms with van der Waals surface area (Å²) in [6.07, 6.45) is 0. The standard InChI is InChI=1S/C18H14ClFS/c19-21(16-7-3-1-4-8-16,17-9-5-2-6-10-17)18-13-11-15(20)12-14-18/h1-14H. The molecule has 0 aromatic heterocycles. The zero-order valence-electron chi connectivity index (χ0n) is 11.2. The van der Waals surface area contributed by atoms with Gasteiger partial charge in [-0.2, -0.15) is 0 Å². The van der Waals surface area contributed by atoms with Crippen molar-refractivity contribution >= 4 is 19.9 Å². The quantitative estimate of drug-likeness (QED) is 0.535. The summed E-state index contributed by atoms with van der Waals surface area (Å²) in [5.74, 6) is -0.252.